The zero-order valence-electron chi connectivity index (χ0n) is 19.8. The van der Waals surface area contributed by atoms with E-state index in [0.717, 1.165) is 38.5 Å². The van der Waals surface area contributed by atoms with E-state index in [1.165, 1.54) is 12.8 Å². The Kier molecular flexibility index (Phi) is 4.33. The zero-order chi connectivity index (χ0) is 22.9. The molecule has 0 saturated heterocycles. The van der Waals surface area contributed by atoms with Crippen molar-refractivity contribution in [3.8, 4) is 0 Å². The second-order valence-electron chi connectivity index (χ2n) is 13.7. The number of carboxylic acids is 1. The maximum atomic E-state index is 13.9. The van der Waals surface area contributed by atoms with Gasteiger partial charge in [-0.2, -0.15) is 0 Å². The maximum Gasteiger partial charge on any atom is 0.310 e. The first-order chi connectivity index (χ1) is 15.7. The first kappa shape index (κ1) is 21.2. The van der Waals surface area contributed by atoms with Gasteiger partial charge in [-0.15, -0.1) is 0 Å². The summed E-state index contributed by atoms with van der Waals surface area (Å²) in [7, 11) is 0. The molecule has 0 aromatic heterocycles. The van der Waals surface area contributed by atoms with Crippen LogP contribution in [0.2, 0.25) is 0 Å². The smallest absolute Gasteiger partial charge is 0.310 e. The van der Waals surface area contributed by atoms with E-state index in [-0.39, 0.29) is 23.2 Å². The van der Waals surface area contributed by atoms with Crippen LogP contribution in [0.4, 0.5) is 0 Å². The predicted molar refractivity (Wildman–Crippen MR) is 118 cm³/mol. The molecule has 12 atom stereocenters. The van der Waals surface area contributed by atoms with Crippen molar-refractivity contribution in [2.45, 2.75) is 70.8 Å². The molecule has 0 amide bonds. The summed E-state index contributed by atoms with van der Waals surface area (Å²) < 4.78 is 6.48. The highest BCUT2D eigenvalue weighted by Gasteiger charge is 2.71. The number of carbonyl (C=O) groups is 2. The molecular weight excluding hydrogens is 420 g/mol. The zero-order valence-corrected chi connectivity index (χ0v) is 19.8. The average Bonchev–Trinajstić information content (AvgIpc) is 3.45. The van der Waals surface area contributed by atoms with Crippen LogP contribution in [0, 0.1) is 76.4 Å². The molecular formula is C27H38O6. The van der Waals surface area contributed by atoms with Gasteiger partial charge in [-0.1, -0.05) is 13.8 Å². The molecule has 12 unspecified atom stereocenters. The predicted octanol–water partition coefficient (Wildman–Crippen LogP) is 4.48. The van der Waals surface area contributed by atoms with Gasteiger partial charge in [0.15, 0.2) is 0 Å². The van der Waals surface area contributed by atoms with Gasteiger partial charge in [0, 0.05) is 5.41 Å². The highest BCUT2D eigenvalue weighted by Crippen LogP contribution is 2.73. The maximum absolute atomic E-state index is 13.9. The summed E-state index contributed by atoms with van der Waals surface area (Å²) in [5.74, 6) is 2.96. The van der Waals surface area contributed by atoms with Crippen molar-refractivity contribution in [2.75, 3.05) is 6.61 Å². The Bertz CT molecular complexity index is 870. The van der Waals surface area contributed by atoms with Crippen LogP contribution in [0.15, 0.2) is 0 Å². The molecule has 8 rings (SSSR count). The lowest BCUT2D eigenvalue weighted by Crippen LogP contribution is -2.59. The fourth-order valence-corrected chi connectivity index (χ4v) is 12.0. The molecule has 0 radical (unpaired) electrons. The van der Waals surface area contributed by atoms with Crippen LogP contribution in [-0.4, -0.2) is 34.5 Å². The minimum Gasteiger partial charge on any atom is -0.481 e. The lowest BCUT2D eigenvalue weighted by atomic mass is 9.48. The number of fused-ring (bicyclic) bond motifs is 9. The van der Waals surface area contributed by atoms with Crippen molar-refractivity contribution in [3.63, 3.8) is 0 Å². The largest absolute Gasteiger partial charge is 0.481 e. The van der Waals surface area contributed by atoms with Crippen LogP contribution in [0.25, 0.3) is 0 Å². The number of carboxylic acid groups (broad SMARTS) is 1. The van der Waals surface area contributed by atoms with Crippen molar-refractivity contribution >= 4 is 11.9 Å². The molecule has 8 aliphatic rings. The molecule has 8 aliphatic carbocycles. The van der Waals surface area contributed by atoms with E-state index in [2.05, 4.69) is 18.7 Å². The van der Waals surface area contributed by atoms with Crippen molar-refractivity contribution in [1.29, 1.82) is 0 Å². The quantitative estimate of drug-likeness (QED) is 0.273. The van der Waals surface area contributed by atoms with E-state index in [1.807, 2.05) is 0 Å². The molecule has 8 fully saturated rings. The topological polar surface area (TPSA) is 93.1 Å². The SMILES string of the molecule is CC1C(C)C2CC1C1C3CC(C(C(=O)OC45CC6CC(CC(COO)(C6)C4)C5)C3C(=O)O)C21. The van der Waals surface area contributed by atoms with Crippen LogP contribution in [-0.2, 0) is 19.2 Å². The molecule has 6 nitrogen and oxygen atoms in total. The molecule has 6 heteroatoms. The Morgan fingerprint density at radius 1 is 0.848 bits per heavy atom. The van der Waals surface area contributed by atoms with Gasteiger partial charge in [0.25, 0.3) is 0 Å². The second kappa shape index (κ2) is 6.75. The molecule has 33 heavy (non-hydrogen) atoms. The van der Waals surface area contributed by atoms with Gasteiger partial charge in [0.1, 0.15) is 5.60 Å². The fraction of sp³-hybridized carbons (Fsp3) is 0.926. The van der Waals surface area contributed by atoms with E-state index in [4.69, 9.17) is 4.74 Å². The van der Waals surface area contributed by atoms with Gasteiger partial charge in [0.05, 0.1) is 18.4 Å². The van der Waals surface area contributed by atoms with Crippen molar-refractivity contribution in [3.05, 3.63) is 0 Å². The van der Waals surface area contributed by atoms with Crippen LogP contribution in [0.3, 0.4) is 0 Å². The Morgan fingerprint density at radius 3 is 2.00 bits per heavy atom. The van der Waals surface area contributed by atoms with E-state index < -0.39 is 23.4 Å². The number of aliphatic carboxylic acids is 1. The monoisotopic (exact) mass is 458 g/mol. The third-order valence-corrected chi connectivity index (χ3v) is 12.4. The van der Waals surface area contributed by atoms with Gasteiger partial charge in [0.2, 0.25) is 0 Å². The Labute approximate surface area is 195 Å². The lowest BCUT2D eigenvalue weighted by Gasteiger charge is -2.61. The Hall–Kier alpha value is -1.14. The third-order valence-electron chi connectivity index (χ3n) is 12.4. The molecule has 0 aromatic carbocycles. The summed E-state index contributed by atoms with van der Waals surface area (Å²) in [6, 6.07) is 0. The number of rotatable bonds is 5. The van der Waals surface area contributed by atoms with Gasteiger partial charge >= 0.3 is 11.9 Å². The highest BCUT2D eigenvalue weighted by molar-refractivity contribution is 5.83. The number of esters is 1. The first-order valence-electron chi connectivity index (χ1n) is 13.5. The standard InChI is InChI=1S/C27H38O6/c1-12-13(2)17-4-16(12)20-18-5-19(21(17)20)23(22(18)24(28)29)25(30)33-27-8-14-3-15(9-27)7-26(6-14,10-27)11-32-31/h12-23,31H,3-11H2,1-2H3,(H,28,29). The number of hydrogen-bond acceptors (Lipinski definition) is 5. The number of carbonyl (C=O) groups excluding carboxylic acids is 1. The summed E-state index contributed by atoms with van der Waals surface area (Å²) in [5.41, 5.74) is -0.582. The number of hydrogen-bond donors (Lipinski definition) is 2. The summed E-state index contributed by atoms with van der Waals surface area (Å²) >= 11 is 0. The molecule has 182 valence electrons. The highest BCUT2D eigenvalue weighted by atomic mass is 17.1. The van der Waals surface area contributed by atoms with E-state index >= 15 is 0 Å². The van der Waals surface area contributed by atoms with Crippen LogP contribution < -0.4 is 0 Å². The summed E-state index contributed by atoms with van der Waals surface area (Å²) in [5, 5.41) is 19.5. The molecule has 0 heterocycles. The van der Waals surface area contributed by atoms with Crippen LogP contribution in [0.1, 0.15) is 65.2 Å². The molecule has 8 saturated carbocycles. The van der Waals surface area contributed by atoms with Gasteiger partial charge < -0.3 is 9.84 Å². The Morgan fingerprint density at radius 2 is 1.42 bits per heavy atom. The minimum atomic E-state index is -0.790. The van der Waals surface area contributed by atoms with Crippen LogP contribution in [0.5, 0.6) is 0 Å². The third kappa shape index (κ3) is 2.68. The van der Waals surface area contributed by atoms with Crippen molar-refractivity contribution in [1.82, 2.24) is 0 Å². The second-order valence-corrected chi connectivity index (χ2v) is 13.7. The van der Waals surface area contributed by atoms with Gasteiger partial charge in [-0.25, -0.2) is 4.89 Å². The van der Waals surface area contributed by atoms with E-state index in [1.54, 1.807) is 0 Å². The van der Waals surface area contributed by atoms with E-state index in [0.29, 0.717) is 54.0 Å². The average molecular weight is 459 g/mol. The summed E-state index contributed by atoms with van der Waals surface area (Å²) in [6.07, 6.45) is 7.94. The van der Waals surface area contributed by atoms with Gasteiger partial charge in [-0.3, -0.25) is 14.8 Å². The molecule has 0 aromatic rings. The van der Waals surface area contributed by atoms with Crippen molar-refractivity contribution < 1.29 is 29.6 Å². The normalized spacial score (nSPS) is 59.2. The molecule has 8 bridgehead atoms. The van der Waals surface area contributed by atoms with Crippen molar-refractivity contribution in [2.24, 2.45) is 76.4 Å². The summed E-state index contributed by atoms with van der Waals surface area (Å²) in [4.78, 5) is 31.0. The van der Waals surface area contributed by atoms with Gasteiger partial charge in [-0.05, 0) is 111 Å². The summed E-state index contributed by atoms with van der Waals surface area (Å²) in [6.45, 7) is 5.05. The molecule has 0 aliphatic heterocycles. The first-order valence-corrected chi connectivity index (χ1v) is 13.5. The molecule has 0 spiro atoms. The van der Waals surface area contributed by atoms with Crippen LogP contribution >= 0.6 is 0 Å². The Balaban J connectivity index is 1.17. The number of ether oxygens (including phenoxy) is 1. The van der Waals surface area contributed by atoms with E-state index in [9.17, 15) is 20.0 Å². The lowest BCUT2D eigenvalue weighted by molar-refractivity contribution is -0.289. The minimum absolute atomic E-state index is 0.0960. The molecule has 2 N–H and O–H groups in total. The fourth-order valence-electron chi connectivity index (χ4n) is 12.0.